The number of phenolic OH excluding ortho intramolecular Hbond substituents is 1. The molecule has 0 saturated carbocycles. The number of aromatic nitrogens is 2. The number of carbonyl (C=O) groups is 1. The van der Waals surface area contributed by atoms with Crippen LogP contribution in [0.2, 0.25) is 0 Å². The Morgan fingerprint density at radius 2 is 1.86 bits per heavy atom. The quantitative estimate of drug-likeness (QED) is 0.309. The molecule has 5 rings (SSSR count). The Kier molecular flexibility index (Phi) is 6.43. The summed E-state index contributed by atoms with van der Waals surface area (Å²) in [7, 11) is 0. The minimum atomic E-state index is -0.202. The van der Waals surface area contributed by atoms with Gasteiger partial charge < -0.3 is 25.2 Å². The van der Waals surface area contributed by atoms with Crippen molar-refractivity contribution in [2.45, 2.75) is 32.4 Å². The summed E-state index contributed by atoms with van der Waals surface area (Å²) in [4.78, 5) is 18.7. The number of amides is 1. The van der Waals surface area contributed by atoms with Gasteiger partial charge in [-0.3, -0.25) is 9.78 Å². The second kappa shape index (κ2) is 9.83. The lowest BCUT2D eigenvalue weighted by Crippen LogP contribution is -2.30. The van der Waals surface area contributed by atoms with Crippen molar-refractivity contribution in [3.8, 4) is 11.4 Å². The number of anilines is 2. The van der Waals surface area contributed by atoms with Crippen molar-refractivity contribution >= 4 is 34.6 Å². The number of nitrogens with one attached hydrogen (secondary N) is 2. The molecule has 1 aliphatic heterocycles. The van der Waals surface area contributed by atoms with E-state index in [4.69, 9.17) is 12.2 Å². The molecule has 0 aliphatic carbocycles. The van der Waals surface area contributed by atoms with Gasteiger partial charge in [0.05, 0.1) is 11.7 Å². The van der Waals surface area contributed by atoms with Gasteiger partial charge in [-0.2, -0.15) is 0 Å². The maximum absolute atomic E-state index is 11.9. The first-order valence-corrected chi connectivity index (χ1v) is 12.2. The smallest absolute Gasteiger partial charge is 0.224 e. The molecule has 2 atom stereocenters. The maximum Gasteiger partial charge on any atom is 0.224 e. The van der Waals surface area contributed by atoms with Gasteiger partial charge in [0.1, 0.15) is 11.8 Å². The summed E-state index contributed by atoms with van der Waals surface area (Å²) in [6.45, 7) is 3.81. The predicted octanol–water partition coefficient (Wildman–Crippen LogP) is 5.41. The van der Waals surface area contributed by atoms with E-state index in [1.54, 1.807) is 18.3 Å². The molecule has 0 radical (unpaired) electrons. The first-order chi connectivity index (χ1) is 17.5. The molecule has 0 spiro atoms. The van der Waals surface area contributed by atoms with E-state index >= 15 is 0 Å². The van der Waals surface area contributed by atoms with Crippen molar-refractivity contribution in [3.63, 3.8) is 0 Å². The van der Waals surface area contributed by atoms with Crippen LogP contribution in [0.4, 0.5) is 11.4 Å². The largest absolute Gasteiger partial charge is 0.508 e. The number of hydrogen-bond donors (Lipinski definition) is 3. The second-order valence-electron chi connectivity index (χ2n) is 8.72. The van der Waals surface area contributed by atoms with E-state index in [9.17, 15) is 9.90 Å². The lowest BCUT2D eigenvalue weighted by Gasteiger charge is -2.29. The Labute approximate surface area is 215 Å². The molecule has 8 heteroatoms. The van der Waals surface area contributed by atoms with Gasteiger partial charge in [-0.25, -0.2) is 0 Å². The number of pyridine rings is 1. The number of aryl methyl sites for hydroxylation is 1. The topological polar surface area (TPSA) is 82.4 Å². The molecule has 2 aromatic heterocycles. The van der Waals surface area contributed by atoms with Crippen LogP contribution >= 0.6 is 12.2 Å². The van der Waals surface area contributed by atoms with Crippen LogP contribution in [0.3, 0.4) is 0 Å². The van der Waals surface area contributed by atoms with Crippen molar-refractivity contribution in [2.75, 3.05) is 10.2 Å². The molecule has 1 amide bonds. The first kappa shape index (κ1) is 23.6. The van der Waals surface area contributed by atoms with Crippen LogP contribution in [0.15, 0.2) is 85.2 Å². The zero-order chi connectivity index (χ0) is 25.2. The minimum Gasteiger partial charge on any atom is -0.508 e. The fraction of sp³-hybridized carbons (Fsp3) is 0.179. The summed E-state index contributed by atoms with van der Waals surface area (Å²) >= 11 is 5.87. The van der Waals surface area contributed by atoms with Crippen LogP contribution in [0, 0.1) is 6.92 Å². The monoisotopic (exact) mass is 497 g/mol. The molecular formula is C28H27N5O2S. The molecule has 1 saturated heterocycles. The van der Waals surface area contributed by atoms with E-state index < -0.39 is 0 Å². The number of benzene rings is 2. The Hall–Kier alpha value is -4.17. The van der Waals surface area contributed by atoms with Crippen molar-refractivity contribution in [2.24, 2.45) is 0 Å². The van der Waals surface area contributed by atoms with Gasteiger partial charge in [0.15, 0.2) is 5.11 Å². The van der Waals surface area contributed by atoms with E-state index in [0.717, 1.165) is 34.0 Å². The molecule has 182 valence electrons. The SMILES string of the molecule is CCC(=O)Nc1ccc(N2C(=S)N[C@@H](c3ccccn3)[C@@H]2c2cccn2-c2ccc(O)cc2)cc1C. The normalized spacial score (nSPS) is 17.2. The highest BCUT2D eigenvalue weighted by Crippen LogP contribution is 2.43. The number of hydrogen-bond acceptors (Lipinski definition) is 4. The molecule has 0 bridgehead atoms. The van der Waals surface area contributed by atoms with Gasteiger partial charge in [0.25, 0.3) is 0 Å². The van der Waals surface area contributed by atoms with E-state index in [1.165, 1.54) is 0 Å². The Morgan fingerprint density at radius 3 is 2.56 bits per heavy atom. The number of carbonyl (C=O) groups excluding carboxylic acids is 1. The molecule has 2 aromatic carbocycles. The molecule has 36 heavy (non-hydrogen) atoms. The van der Waals surface area contributed by atoms with Crippen LogP contribution in [0.1, 0.15) is 42.4 Å². The lowest BCUT2D eigenvalue weighted by molar-refractivity contribution is -0.115. The van der Waals surface area contributed by atoms with Crippen molar-refractivity contribution in [3.05, 3.63) is 102 Å². The molecule has 1 fully saturated rings. The van der Waals surface area contributed by atoms with Gasteiger partial charge >= 0.3 is 0 Å². The van der Waals surface area contributed by atoms with Crippen molar-refractivity contribution in [1.82, 2.24) is 14.9 Å². The minimum absolute atomic E-state index is 0.0240. The third-order valence-electron chi connectivity index (χ3n) is 6.39. The summed E-state index contributed by atoms with van der Waals surface area (Å²) in [5, 5.41) is 16.8. The van der Waals surface area contributed by atoms with Crippen molar-refractivity contribution in [1.29, 1.82) is 0 Å². The van der Waals surface area contributed by atoms with Gasteiger partial charge in [-0.1, -0.05) is 13.0 Å². The zero-order valence-electron chi connectivity index (χ0n) is 20.1. The summed E-state index contributed by atoms with van der Waals surface area (Å²) < 4.78 is 2.10. The summed E-state index contributed by atoms with van der Waals surface area (Å²) in [5.41, 5.74) is 5.49. The average Bonchev–Trinajstić information content (AvgIpc) is 3.50. The maximum atomic E-state index is 11.9. The van der Waals surface area contributed by atoms with Crippen LogP contribution < -0.4 is 15.5 Å². The van der Waals surface area contributed by atoms with E-state index in [0.29, 0.717) is 11.5 Å². The standard InChI is InChI=1S/C28H27N5O2S/c1-3-25(35)30-22-14-11-20(17-18(22)2)33-27(26(31-28(33)36)23-7-4-5-15-29-23)24-8-6-16-32(24)19-9-12-21(34)13-10-19/h4-17,26-27,34H,3H2,1-2H3,(H,30,35)(H,31,36)/t26-,27-/m0/s1. The third-order valence-corrected chi connectivity index (χ3v) is 6.71. The number of rotatable bonds is 6. The number of phenols is 1. The highest BCUT2D eigenvalue weighted by molar-refractivity contribution is 7.80. The first-order valence-electron chi connectivity index (χ1n) is 11.8. The molecule has 1 aliphatic rings. The average molecular weight is 498 g/mol. The highest BCUT2D eigenvalue weighted by Gasteiger charge is 2.42. The van der Waals surface area contributed by atoms with Crippen LogP contribution in [0.5, 0.6) is 5.75 Å². The Balaban J connectivity index is 1.61. The van der Waals surface area contributed by atoms with Crippen LogP contribution in [0.25, 0.3) is 5.69 Å². The summed E-state index contributed by atoms with van der Waals surface area (Å²) in [6.07, 6.45) is 4.21. The Bertz CT molecular complexity index is 1400. The van der Waals surface area contributed by atoms with E-state index in [-0.39, 0.29) is 23.7 Å². The molecule has 7 nitrogen and oxygen atoms in total. The zero-order valence-corrected chi connectivity index (χ0v) is 20.9. The molecular weight excluding hydrogens is 470 g/mol. The van der Waals surface area contributed by atoms with E-state index in [2.05, 4.69) is 31.2 Å². The van der Waals surface area contributed by atoms with Crippen molar-refractivity contribution < 1.29 is 9.90 Å². The number of thiocarbonyl (C=S) groups is 1. The third kappa shape index (κ3) is 4.43. The second-order valence-corrected chi connectivity index (χ2v) is 9.10. The molecule has 3 heterocycles. The summed E-state index contributed by atoms with van der Waals surface area (Å²) in [5.74, 6) is 0.193. The lowest BCUT2D eigenvalue weighted by atomic mass is 10.00. The molecule has 0 unspecified atom stereocenters. The van der Waals surface area contributed by atoms with E-state index in [1.807, 2.05) is 74.6 Å². The highest BCUT2D eigenvalue weighted by atomic mass is 32.1. The van der Waals surface area contributed by atoms with Gasteiger partial charge in [-0.15, -0.1) is 0 Å². The summed E-state index contributed by atoms with van der Waals surface area (Å²) in [6, 6.07) is 22.6. The number of aromatic hydroxyl groups is 1. The fourth-order valence-corrected chi connectivity index (χ4v) is 4.94. The Morgan fingerprint density at radius 1 is 1.08 bits per heavy atom. The number of nitrogens with zero attached hydrogens (tertiary/aromatic N) is 3. The predicted molar refractivity (Wildman–Crippen MR) is 145 cm³/mol. The van der Waals surface area contributed by atoms with Crippen LogP contribution in [-0.4, -0.2) is 25.7 Å². The molecule has 3 N–H and O–H groups in total. The fourth-order valence-electron chi connectivity index (χ4n) is 4.59. The van der Waals surface area contributed by atoms with Gasteiger partial charge in [0, 0.05) is 41.6 Å². The van der Waals surface area contributed by atoms with Gasteiger partial charge in [-0.05, 0) is 91.4 Å². The van der Waals surface area contributed by atoms with Crippen LogP contribution in [-0.2, 0) is 4.79 Å². The molecule has 4 aromatic rings. The van der Waals surface area contributed by atoms with Gasteiger partial charge in [0.2, 0.25) is 5.91 Å².